The van der Waals surface area contributed by atoms with Crippen molar-refractivity contribution in [2.45, 2.75) is 13.0 Å². The highest BCUT2D eigenvalue weighted by atomic mass is 16.6. The molecule has 10 nitrogen and oxygen atoms in total. The fourth-order valence-electron chi connectivity index (χ4n) is 2.91. The molecule has 0 aliphatic carbocycles. The molecular formula is C19H19N3O7. The van der Waals surface area contributed by atoms with E-state index in [2.05, 4.69) is 10.6 Å². The fourth-order valence-corrected chi connectivity index (χ4v) is 2.91. The van der Waals surface area contributed by atoms with E-state index in [0.717, 1.165) is 0 Å². The first-order valence-electron chi connectivity index (χ1n) is 8.69. The van der Waals surface area contributed by atoms with Gasteiger partial charge in [-0.25, -0.2) is 9.59 Å². The number of urea groups is 1. The largest absolute Gasteiger partial charge is 0.460 e. The van der Waals surface area contributed by atoms with Gasteiger partial charge in [0.05, 0.1) is 17.1 Å². The molecule has 10 heteroatoms. The van der Waals surface area contributed by atoms with Crippen LogP contribution < -0.4 is 10.6 Å². The van der Waals surface area contributed by atoms with Gasteiger partial charge in [0, 0.05) is 30.5 Å². The summed E-state index contributed by atoms with van der Waals surface area (Å²) in [5, 5.41) is 16.2. The lowest BCUT2D eigenvalue weighted by atomic mass is 10.0. The third-order valence-corrected chi connectivity index (χ3v) is 4.26. The summed E-state index contributed by atoms with van der Waals surface area (Å²) in [6.45, 7) is 1.88. The molecule has 3 rings (SSSR count). The Morgan fingerprint density at radius 2 is 2.07 bits per heavy atom. The maximum absolute atomic E-state index is 12.5. The van der Waals surface area contributed by atoms with E-state index in [1.165, 1.54) is 19.2 Å². The van der Waals surface area contributed by atoms with Crippen LogP contribution in [0.1, 0.15) is 18.7 Å². The number of allylic oxidation sites excluding steroid dienone is 1. The van der Waals surface area contributed by atoms with Gasteiger partial charge in [-0.2, -0.15) is 0 Å². The van der Waals surface area contributed by atoms with E-state index in [9.17, 15) is 19.7 Å². The summed E-state index contributed by atoms with van der Waals surface area (Å²) < 4.78 is 15.9. The van der Waals surface area contributed by atoms with E-state index in [1.54, 1.807) is 31.2 Å². The van der Waals surface area contributed by atoms with Gasteiger partial charge in [0.15, 0.2) is 0 Å². The third-order valence-electron chi connectivity index (χ3n) is 4.26. The molecule has 1 aliphatic heterocycles. The van der Waals surface area contributed by atoms with Crippen LogP contribution in [0.2, 0.25) is 0 Å². The molecule has 2 amide bonds. The smallest absolute Gasteiger partial charge is 0.338 e. The van der Waals surface area contributed by atoms with Gasteiger partial charge < -0.3 is 24.5 Å². The predicted molar refractivity (Wildman–Crippen MR) is 101 cm³/mol. The van der Waals surface area contributed by atoms with Gasteiger partial charge in [0.2, 0.25) is 0 Å². The van der Waals surface area contributed by atoms with Crippen LogP contribution >= 0.6 is 0 Å². The van der Waals surface area contributed by atoms with Crippen molar-refractivity contribution in [3.05, 3.63) is 63.5 Å². The maximum Gasteiger partial charge on any atom is 0.338 e. The Kier molecular flexibility index (Phi) is 5.93. The number of esters is 1. The average Bonchev–Trinajstić information content (AvgIpc) is 3.17. The van der Waals surface area contributed by atoms with Crippen molar-refractivity contribution in [3.63, 3.8) is 0 Å². The number of carbonyl (C=O) groups excluding carboxylic acids is 2. The monoisotopic (exact) mass is 401 g/mol. The van der Waals surface area contributed by atoms with Gasteiger partial charge in [0.1, 0.15) is 24.2 Å². The number of non-ortho nitro benzene ring substituents is 1. The number of rotatable bonds is 7. The molecule has 2 aromatic rings. The van der Waals surface area contributed by atoms with E-state index in [4.69, 9.17) is 13.9 Å². The molecule has 1 aromatic heterocycles. The zero-order valence-electron chi connectivity index (χ0n) is 15.8. The zero-order chi connectivity index (χ0) is 21.0. The molecule has 1 aliphatic rings. The number of carbonyl (C=O) groups is 2. The molecule has 0 fully saturated rings. The summed E-state index contributed by atoms with van der Waals surface area (Å²) in [5.74, 6) is 0.0333. The molecule has 2 heterocycles. The lowest BCUT2D eigenvalue weighted by Crippen LogP contribution is -2.45. The summed E-state index contributed by atoms with van der Waals surface area (Å²) in [5.41, 5.74) is 0.958. The van der Waals surface area contributed by atoms with Crippen molar-refractivity contribution >= 4 is 17.7 Å². The van der Waals surface area contributed by atoms with E-state index in [-0.39, 0.29) is 24.5 Å². The lowest BCUT2D eigenvalue weighted by molar-refractivity contribution is -0.384. The minimum absolute atomic E-state index is 0.0594. The van der Waals surface area contributed by atoms with E-state index in [0.29, 0.717) is 22.8 Å². The Morgan fingerprint density at radius 3 is 2.79 bits per heavy atom. The molecule has 1 aromatic carbocycles. The molecule has 0 spiro atoms. The van der Waals surface area contributed by atoms with Crippen LogP contribution in [0.3, 0.4) is 0 Å². The van der Waals surface area contributed by atoms with E-state index >= 15 is 0 Å². The van der Waals surface area contributed by atoms with Crippen LogP contribution in [-0.4, -0.2) is 37.2 Å². The number of nitro groups is 1. The van der Waals surface area contributed by atoms with Gasteiger partial charge in [-0.15, -0.1) is 0 Å². The summed E-state index contributed by atoms with van der Waals surface area (Å²) in [6.07, 6.45) is 0. The van der Waals surface area contributed by atoms with E-state index in [1.807, 2.05) is 0 Å². The number of nitrogens with one attached hydrogen (secondary N) is 2. The lowest BCUT2D eigenvalue weighted by Gasteiger charge is -2.26. The number of methoxy groups -OCH3 is 1. The molecule has 0 bridgehead atoms. The van der Waals surface area contributed by atoms with Crippen LogP contribution in [0.15, 0.2) is 52.1 Å². The minimum atomic E-state index is -0.869. The number of nitrogens with zero attached hydrogens (tertiary/aromatic N) is 1. The quantitative estimate of drug-likeness (QED) is 0.315. The summed E-state index contributed by atoms with van der Waals surface area (Å²) in [6, 6.07) is 7.82. The Balaban J connectivity index is 1.91. The SMILES string of the molecule is COCCOC(=O)C1=C(C)NC(=O)NC1c1ccc(-c2cccc([N+](=O)[O-])c2)o1. The zero-order valence-corrected chi connectivity index (χ0v) is 15.8. The molecule has 152 valence electrons. The Labute approximate surface area is 165 Å². The van der Waals surface area contributed by atoms with Crippen molar-refractivity contribution in [2.75, 3.05) is 20.3 Å². The second-order valence-corrected chi connectivity index (χ2v) is 6.21. The summed E-state index contributed by atoms with van der Waals surface area (Å²) >= 11 is 0. The second-order valence-electron chi connectivity index (χ2n) is 6.21. The minimum Gasteiger partial charge on any atom is -0.460 e. The number of hydrogen-bond acceptors (Lipinski definition) is 7. The van der Waals surface area contributed by atoms with Gasteiger partial charge in [-0.1, -0.05) is 12.1 Å². The van der Waals surface area contributed by atoms with Crippen molar-refractivity contribution in [1.29, 1.82) is 0 Å². The highest BCUT2D eigenvalue weighted by Gasteiger charge is 2.34. The number of furan rings is 1. The van der Waals surface area contributed by atoms with Crippen LogP contribution in [0.4, 0.5) is 10.5 Å². The number of nitro benzene ring substituents is 1. The van der Waals surface area contributed by atoms with Crippen molar-refractivity contribution in [1.82, 2.24) is 10.6 Å². The summed E-state index contributed by atoms with van der Waals surface area (Å²) in [7, 11) is 1.49. The highest BCUT2D eigenvalue weighted by molar-refractivity contribution is 5.94. The molecule has 2 N–H and O–H groups in total. The number of benzene rings is 1. The van der Waals surface area contributed by atoms with Gasteiger partial charge in [-0.3, -0.25) is 10.1 Å². The fraction of sp³-hybridized carbons (Fsp3) is 0.263. The normalized spacial score (nSPS) is 16.2. The highest BCUT2D eigenvalue weighted by Crippen LogP contribution is 2.32. The van der Waals surface area contributed by atoms with Crippen LogP contribution in [0.5, 0.6) is 0 Å². The first-order chi connectivity index (χ1) is 13.9. The molecule has 0 radical (unpaired) electrons. The Bertz CT molecular complexity index is 980. The number of hydrogen-bond donors (Lipinski definition) is 2. The molecule has 1 unspecified atom stereocenters. The van der Waals surface area contributed by atoms with Crippen LogP contribution in [0.25, 0.3) is 11.3 Å². The first-order valence-corrected chi connectivity index (χ1v) is 8.69. The second kappa shape index (κ2) is 8.57. The van der Waals surface area contributed by atoms with E-state index < -0.39 is 23.0 Å². The number of amides is 2. The topological polar surface area (TPSA) is 133 Å². The molecule has 0 saturated heterocycles. The Morgan fingerprint density at radius 1 is 1.28 bits per heavy atom. The van der Waals surface area contributed by atoms with Gasteiger partial charge >= 0.3 is 12.0 Å². The standard InChI is InChI=1S/C19H19N3O7/c1-11-16(18(23)28-9-8-27-2)17(21-19(24)20-11)15-7-6-14(29-15)12-4-3-5-13(10-12)22(25)26/h3-7,10,17H,8-9H2,1-2H3,(H2,20,21,24). The Hall–Kier alpha value is -3.66. The van der Waals surface area contributed by atoms with Crippen LogP contribution in [-0.2, 0) is 14.3 Å². The first kappa shape index (κ1) is 20.1. The predicted octanol–water partition coefficient (Wildman–Crippen LogP) is 2.67. The average molecular weight is 401 g/mol. The summed E-state index contributed by atoms with van der Waals surface area (Å²) in [4.78, 5) is 35.0. The van der Waals surface area contributed by atoms with Gasteiger partial charge in [-0.05, 0) is 19.1 Å². The number of ether oxygens (including phenoxy) is 2. The van der Waals surface area contributed by atoms with Crippen molar-refractivity contribution < 1.29 is 28.4 Å². The van der Waals surface area contributed by atoms with Crippen molar-refractivity contribution in [2.24, 2.45) is 0 Å². The third kappa shape index (κ3) is 4.43. The molecule has 29 heavy (non-hydrogen) atoms. The maximum atomic E-state index is 12.5. The van der Waals surface area contributed by atoms with Crippen molar-refractivity contribution in [3.8, 4) is 11.3 Å². The molecule has 1 atom stereocenters. The van der Waals surface area contributed by atoms with Gasteiger partial charge in [0.25, 0.3) is 5.69 Å². The molecule has 0 saturated carbocycles. The van der Waals surface area contributed by atoms with Crippen LogP contribution in [0, 0.1) is 10.1 Å². The molecular weight excluding hydrogens is 382 g/mol.